The molecule has 0 aromatic heterocycles. The summed E-state index contributed by atoms with van der Waals surface area (Å²) in [6.45, 7) is 2.54. The van der Waals surface area contributed by atoms with E-state index >= 15 is 0 Å². The van der Waals surface area contributed by atoms with E-state index in [1.807, 2.05) is 31.2 Å². The van der Waals surface area contributed by atoms with Crippen LogP contribution in [0.2, 0.25) is 0 Å². The van der Waals surface area contributed by atoms with Crippen molar-refractivity contribution in [3.8, 4) is 5.75 Å². The molecule has 106 valence electrons. The van der Waals surface area contributed by atoms with Crippen molar-refractivity contribution in [1.82, 2.24) is 4.90 Å². The highest BCUT2D eigenvalue weighted by molar-refractivity contribution is 8.18. The first-order valence-corrected chi connectivity index (χ1v) is 7.36. The predicted octanol–water partition coefficient (Wildman–Crippen LogP) is 3.53. The van der Waals surface area contributed by atoms with Crippen molar-refractivity contribution in [3.05, 3.63) is 34.7 Å². The summed E-state index contributed by atoms with van der Waals surface area (Å²) in [5, 5.41) is -0.178. The molecule has 1 aromatic carbocycles. The number of nitrogens with zero attached hydrogens (tertiary/aromatic N) is 1. The lowest BCUT2D eigenvalue weighted by atomic mass is 10.2. The first-order valence-electron chi connectivity index (χ1n) is 6.55. The van der Waals surface area contributed by atoms with Crippen LogP contribution in [0.4, 0.5) is 4.79 Å². The summed E-state index contributed by atoms with van der Waals surface area (Å²) in [5.74, 6) is 0.572. The molecule has 0 N–H and O–H groups in total. The number of benzene rings is 1. The fourth-order valence-electron chi connectivity index (χ4n) is 1.86. The van der Waals surface area contributed by atoms with E-state index in [4.69, 9.17) is 4.74 Å². The number of amides is 2. The van der Waals surface area contributed by atoms with E-state index < -0.39 is 0 Å². The standard InChI is InChI=1S/C15H17NO3S/c1-3-4-9-16-14(17)13(20-15(16)18)10-11-5-7-12(19-2)8-6-11/h5-8,10H,3-4,9H2,1-2H3/b13-10+. The van der Waals surface area contributed by atoms with Gasteiger partial charge in [0.25, 0.3) is 11.1 Å². The molecule has 5 heteroatoms. The molecule has 0 bridgehead atoms. The van der Waals surface area contributed by atoms with Gasteiger partial charge in [0.15, 0.2) is 0 Å². The lowest BCUT2D eigenvalue weighted by Crippen LogP contribution is -2.29. The summed E-state index contributed by atoms with van der Waals surface area (Å²) >= 11 is 1.00. The van der Waals surface area contributed by atoms with Gasteiger partial charge in [-0.2, -0.15) is 0 Å². The summed E-state index contributed by atoms with van der Waals surface area (Å²) in [5.41, 5.74) is 0.881. The Morgan fingerprint density at radius 1 is 1.25 bits per heavy atom. The van der Waals surface area contributed by atoms with Crippen molar-refractivity contribution in [2.75, 3.05) is 13.7 Å². The number of hydrogen-bond acceptors (Lipinski definition) is 4. The molecule has 20 heavy (non-hydrogen) atoms. The Balaban J connectivity index is 2.14. The summed E-state index contributed by atoms with van der Waals surface area (Å²) in [4.78, 5) is 25.7. The van der Waals surface area contributed by atoms with Crippen molar-refractivity contribution >= 4 is 29.0 Å². The summed E-state index contributed by atoms with van der Waals surface area (Å²) in [7, 11) is 1.61. The van der Waals surface area contributed by atoms with Crippen LogP contribution in [0.25, 0.3) is 6.08 Å². The second-order valence-corrected chi connectivity index (χ2v) is 5.45. The number of carbonyl (C=O) groups is 2. The molecule has 1 fully saturated rings. The van der Waals surface area contributed by atoms with Crippen molar-refractivity contribution < 1.29 is 14.3 Å². The molecule has 2 rings (SSSR count). The molecular formula is C15H17NO3S. The zero-order valence-corrected chi connectivity index (χ0v) is 12.4. The summed E-state index contributed by atoms with van der Waals surface area (Å²) < 4.78 is 5.08. The van der Waals surface area contributed by atoms with Gasteiger partial charge in [-0.1, -0.05) is 25.5 Å². The number of ether oxygens (including phenoxy) is 1. The molecule has 4 nitrogen and oxygen atoms in total. The Labute approximate surface area is 122 Å². The van der Waals surface area contributed by atoms with E-state index in [9.17, 15) is 9.59 Å². The monoisotopic (exact) mass is 291 g/mol. The Morgan fingerprint density at radius 2 is 1.95 bits per heavy atom. The number of hydrogen-bond donors (Lipinski definition) is 0. The highest BCUT2D eigenvalue weighted by Crippen LogP contribution is 2.32. The third-order valence-corrected chi connectivity index (χ3v) is 3.93. The van der Waals surface area contributed by atoms with Gasteiger partial charge in [0.1, 0.15) is 5.75 Å². The van der Waals surface area contributed by atoms with Crippen LogP contribution >= 0.6 is 11.8 Å². The van der Waals surface area contributed by atoms with E-state index in [0.29, 0.717) is 11.4 Å². The fourth-order valence-corrected chi connectivity index (χ4v) is 2.73. The SMILES string of the molecule is CCCCN1C(=O)S/C(=C/c2ccc(OC)cc2)C1=O. The molecular weight excluding hydrogens is 274 g/mol. The van der Waals surface area contributed by atoms with E-state index in [0.717, 1.165) is 35.9 Å². The van der Waals surface area contributed by atoms with Gasteiger partial charge >= 0.3 is 0 Å². The summed E-state index contributed by atoms with van der Waals surface area (Å²) in [6.07, 6.45) is 3.55. The van der Waals surface area contributed by atoms with Gasteiger partial charge in [0.2, 0.25) is 0 Å². The highest BCUT2D eigenvalue weighted by Gasteiger charge is 2.34. The van der Waals surface area contributed by atoms with E-state index in [1.54, 1.807) is 13.2 Å². The van der Waals surface area contributed by atoms with E-state index in [1.165, 1.54) is 4.90 Å². The first kappa shape index (κ1) is 14.7. The number of unbranched alkanes of at least 4 members (excludes halogenated alkanes) is 1. The maximum absolute atomic E-state index is 12.1. The molecule has 1 saturated heterocycles. The molecule has 0 radical (unpaired) electrons. The quantitative estimate of drug-likeness (QED) is 0.779. The van der Waals surface area contributed by atoms with Gasteiger partial charge in [0.05, 0.1) is 12.0 Å². The third-order valence-electron chi connectivity index (χ3n) is 3.02. The van der Waals surface area contributed by atoms with Gasteiger partial charge in [0, 0.05) is 6.54 Å². The fraction of sp³-hybridized carbons (Fsp3) is 0.333. The normalized spacial score (nSPS) is 17.1. The van der Waals surface area contributed by atoms with Crippen molar-refractivity contribution in [2.45, 2.75) is 19.8 Å². The first-order chi connectivity index (χ1) is 9.65. The number of carbonyl (C=O) groups excluding carboxylic acids is 2. The molecule has 1 heterocycles. The topological polar surface area (TPSA) is 46.6 Å². The molecule has 0 spiro atoms. The number of imide groups is 1. The van der Waals surface area contributed by atoms with Crippen LogP contribution in [0.5, 0.6) is 5.75 Å². The van der Waals surface area contributed by atoms with Crippen LogP contribution in [-0.4, -0.2) is 29.7 Å². The molecule has 0 aliphatic carbocycles. The molecule has 0 unspecified atom stereocenters. The molecule has 0 atom stereocenters. The molecule has 2 amide bonds. The number of rotatable bonds is 5. The minimum absolute atomic E-state index is 0.178. The average molecular weight is 291 g/mol. The highest BCUT2D eigenvalue weighted by atomic mass is 32.2. The van der Waals surface area contributed by atoms with Gasteiger partial charge < -0.3 is 4.74 Å². The van der Waals surface area contributed by atoms with Gasteiger partial charge in [-0.15, -0.1) is 0 Å². The van der Waals surface area contributed by atoms with Crippen molar-refractivity contribution in [2.24, 2.45) is 0 Å². The maximum atomic E-state index is 12.1. The Morgan fingerprint density at radius 3 is 2.55 bits per heavy atom. The maximum Gasteiger partial charge on any atom is 0.293 e. The number of thioether (sulfide) groups is 1. The average Bonchev–Trinajstić information content (AvgIpc) is 2.72. The molecule has 1 aliphatic rings. The second kappa shape index (κ2) is 6.61. The molecule has 1 aliphatic heterocycles. The number of methoxy groups -OCH3 is 1. The lowest BCUT2D eigenvalue weighted by molar-refractivity contribution is -0.122. The molecule has 1 aromatic rings. The van der Waals surface area contributed by atoms with Gasteiger partial charge in [-0.05, 0) is 42.0 Å². The van der Waals surface area contributed by atoms with Crippen molar-refractivity contribution in [1.29, 1.82) is 0 Å². The van der Waals surface area contributed by atoms with Gasteiger partial charge in [-0.3, -0.25) is 14.5 Å². The Kier molecular flexibility index (Phi) is 4.84. The van der Waals surface area contributed by atoms with Crippen LogP contribution in [0.3, 0.4) is 0 Å². The van der Waals surface area contributed by atoms with E-state index in [-0.39, 0.29) is 11.1 Å². The zero-order chi connectivity index (χ0) is 14.5. The van der Waals surface area contributed by atoms with E-state index in [2.05, 4.69) is 0 Å². The van der Waals surface area contributed by atoms with Crippen LogP contribution in [0, 0.1) is 0 Å². The minimum atomic E-state index is -0.190. The predicted molar refractivity (Wildman–Crippen MR) is 80.6 cm³/mol. The van der Waals surface area contributed by atoms with Crippen LogP contribution in [0.1, 0.15) is 25.3 Å². The van der Waals surface area contributed by atoms with Gasteiger partial charge in [-0.25, -0.2) is 0 Å². The third kappa shape index (κ3) is 3.22. The minimum Gasteiger partial charge on any atom is -0.497 e. The molecule has 0 saturated carbocycles. The van der Waals surface area contributed by atoms with Crippen molar-refractivity contribution in [3.63, 3.8) is 0 Å². The van der Waals surface area contributed by atoms with Crippen LogP contribution in [-0.2, 0) is 4.79 Å². The summed E-state index contributed by atoms with van der Waals surface area (Å²) in [6, 6.07) is 7.37. The lowest BCUT2D eigenvalue weighted by Gasteiger charge is -2.10. The zero-order valence-electron chi connectivity index (χ0n) is 11.6. The Bertz CT molecular complexity index is 537. The largest absolute Gasteiger partial charge is 0.497 e. The van der Waals surface area contributed by atoms with Crippen LogP contribution in [0.15, 0.2) is 29.2 Å². The smallest absolute Gasteiger partial charge is 0.293 e. The van der Waals surface area contributed by atoms with Crippen LogP contribution < -0.4 is 4.74 Å². The Hall–Kier alpha value is -1.75. The second-order valence-electron chi connectivity index (χ2n) is 4.46.